The Bertz CT molecular complexity index is 594. The van der Waals surface area contributed by atoms with Crippen LogP contribution in [-0.4, -0.2) is 21.5 Å². The second-order valence-corrected chi connectivity index (χ2v) is 6.83. The van der Waals surface area contributed by atoms with Crippen LogP contribution in [0, 0.1) is 19.8 Å². The summed E-state index contributed by atoms with van der Waals surface area (Å²) in [5, 5.41) is 6.55. The van der Waals surface area contributed by atoms with Gasteiger partial charge in [-0.25, -0.2) is 15.0 Å². The molecule has 0 aliphatic heterocycles. The van der Waals surface area contributed by atoms with Crippen molar-refractivity contribution in [2.45, 2.75) is 53.4 Å². The fourth-order valence-corrected chi connectivity index (χ4v) is 3.02. The second kappa shape index (κ2) is 8.22. The third-order valence-corrected chi connectivity index (χ3v) is 4.59. The molecular weight excluding hydrogens is 292 g/mol. The van der Waals surface area contributed by atoms with Gasteiger partial charge in [0.1, 0.15) is 11.5 Å². The number of unbranched alkanes of at least 4 members (excludes halogenated alkanes) is 1. The van der Waals surface area contributed by atoms with Crippen LogP contribution in [0.25, 0.3) is 11.5 Å². The standard InChI is InChI=1S/C17H26N4S/c1-5-7-8-14(6-2)10-18-16-9-12(3)19-17(21-16)15-11-22-13(4)20-15/h9,11,14H,5-8,10H2,1-4H3,(H,18,19,21). The Morgan fingerprint density at radius 3 is 2.64 bits per heavy atom. The van der Waals surface area contributed by atoms with Crippen molar-refractivity contribution in [3.05, 3.63) is 22.1 Å². The molecule has 0 aromatic carbocycles. The highest BCUT2D eigenvalue weighted by atomic mass is 32.1. The molecule has 0 aliphatic rings. The van der Waals surface area contributed by atoms with Crippen LogP contribution in [0.5, 0.6) is 0 Å². The smallest absolute Gasteiger partial charge is 0.181 e. The number of hydrogen-bond acceptors (Lipinski definition) is 5. The summed E-state index contributed by atoms with van der Waals surface area (Å²) < 4.78 is 0. The molecular formula is C17H26N4S. The molecule has 2 aromatic rings. The molecule has 2 heterocycles. The summed E-state index contributed by atoms with van der Waals surface area (Å²) in [7, 11) is 0. The molecule has 5 heteroatoms. The van der Waals surface area contributed by atoms with Crippen molar-refractivity contribution < 1.29 is 0 Å². The van der Waals surface area contributed by atoms with E-state index < -0.39 is 0 Å². The molecule has 0 bridgehead atoms. The number of thiazole rings is 1. The van der Waals surface area contributed by atoms with Crippen LogP contribution in [0.2, 0.25) is 0 Å². The molecule has 0 aliphatic carbocycles. The van der Waals surface area contributed by atoms with E-state index in [0.29, 0.717) is 11.7 Å². The quantitative estimate of drug-likeness (QED) is 0.756. The van der Waals surface area contributed by atoms with Gasteiger partial charge in [0.05, 0.1) is 5.01 Å². The molecule has 0 fully saturated rings. The average Bonchev–Trinajstić information content (AvgIpc) is 2.93. The number of anilines is 1. The van der Waals surface area contributed by atoms with Gasteiger partial charge in [-0.05, 0) is 26.2 Å². The molecule has 2 aromatic heterocycles. The van der Waals surface area contributed by atoms with E-state index in [0.717, 1.165) is 28.8 Å². The van der Waals surface area contributed by atoms with Crippen LogP contribution in [0.1, 0.15) is 50.2 Å². The van der Waals surface area contributed by atoms with Gasteiger partial charge in [0, 0.05) is 23.7 Å². The lowest BCUT2D eigenvalue weighted by atomic mass is 9.99. The Hall–Kier alpha value is -1.49. The van der Waals surface area contributed by atoms with Crippen LogP contribution >= 0.6 is 11.3 Å². The van der Waals surface area contributed by atoms with Gasteiger partial charge >= 0.3 is 0 Å². The Morgan fingerprint density at radius 1 is 1.18 bits per heavy atom. The van der Waals surface area contributed by atoms with Crippen molar-refractivity contribution in [2.24, 2.45) is 5.92 Å². The predicted octanol–water partition coefficient (Wildman–Crippen LogP) is 4.85. The maximum absolute atomic E-state index is 4.63. The van der Waals surface area contributed by atoms with E-state index in [9.17, 15) is 0 Å². The monoisotopic (exact) mass is 318 g/mol. The zero-order valence-corrected chi connectivity index (χ0v) is 14.8. The Balaban J connectivity index is 2.06. The lowest BCUT2D eigenvalue weighted by molar-refractivity contribution is 0.472. The van der Waals surface area contributed by atoms with Crippen molar-refractivity contribution in [3.8, 4) is 11.5 Å². The minimum absolute atomic E-state index is 0.709. The molecule has 1 N–H and O–H groups in total. The number of aromatic nitrogens is 3. The van der Waals surface area contributed by atoms with Crippen LogP contribution in [0.3, 0.4) is 0 Å². The molecule has 0 amide bonds. The first-order valence-corrected chi connectivity index (χ1v) is 9.02. The first-order chi connectivity index (χ1) is 10.6. The minimum Gasteiger partial charge on any atom is -0.370 e. The van der Waals surface area contributed by atoms with Gasteiger partial charge in [0.25, 0.3) is 0 Å². The molecule has 1 atom stereocenters. The summed E-state index contributed by atoms with van der Waals surface area (Å²) in [6.07, 6.45) is 5.04. The van der Waals surface area contributed by atoms with E-state index in [1.807, 2.05) is 25.3 Å². The number of nitrogens with zero attached hydrogens (tertiary/aromatic N) is 3. The zero-order valence-electron chi connectivity index (χ0n) is 14.0. The number of aryl methyl sites for hydroxylation is 2. The SMILES string of the molecule is CCCCC(CC)CNc1cc(C)nc(-c2csc(C)n2)n1. The normalized spacial score (nSPS) is 12.4. The molecule has 0 spiro atoms. The maximum Gasteiger partial charge on any atom is 0.181 e. The van der Waals surface area contributed by atoms with Gasteiger partial charge in [-0.3, -0.25) is 0 Å². The lowest BCUT2D eigenvalue weighted by Gasteiger charge is -2.16. The first kappa shape index (κ1) is 16.9. The van der Waals surface area contributed by atoms with Gasteiger partial charge in [-0.15, -0.1) is 11.3 Å². The third kappa shape index (κ3) is 4.77. The topological polar surface area (TPSA) is 50.7 Å². The first-order valence-electron chi connectivity index (χ1n) is 8.14. The fourth-order valence-electron chi connectivity index (χ4n) is 2.43. The predicted molar refractivity (Wildman–Crippen MR) is 94.4 cm³/mol. The van der Waals surface area contributed by atoms with Gasteiger partial charge in [-0.2, -0.15) is 0 Å². The van der Waals surface area contributed by atoms with Gasteiger partial charge in [0.2, 0.25) is 0 Å². The molecule has 0 saturated heterocycles. The van der Waals surface area contributed by atoms with E-state index >= 15 is 0 Å². The molecule has 0 radical (unpaired) electrons. The molecule has 4 nitrogen and oxygen atoms in total. The largest absolute Gasteiger partial charge is 0.370 e. The molecule has 0 saturated carbocycles. The van der Waals surface area contributed by atoms with E-state index in [2.05, 4.69) is 34.1 Å². The fraction of sp³-hybridized carbons (Fsp3) is 0.588. The van der Waals surface area contributed by atoms with Crippen molar-refractivity contribution in [3.63, 3.8) is 0 Å². The van der Waals surface area contributed by atoms with Crippen molar-refractivity contribution in [2.75, 3.05) is 11.9 Å². The third-order valence-electron chi connectivity index (χ3n) is 3.82. The summed E-state index contributed by atoms with van der Waals surface area (Å²) in [6.45, 7) is 9.49. The van der Waals surface area contributed by atoms with Gasteiger partial charge in [0.15, 0.2) is 5.82 Å². The van der Waals surface area contributed by atoms with E-state index in [1.54, 1.807) is 11.3 Å². The van der Waals surface area contributed by atoms with Gasteiger partial charge < -0.3 is 5.32 Å². The highest BCUT2D eigenvalue weighted by Crippen LogP contribution is 2.21. The average molecular weight is 318 g/mol. The summed E-state index contributed by atoms with van der Waals surface area (Å²) in [6, 6.07) is 2.01. The van der Waals surface area contributed by atoms with Crippen LogP contribution in [0.15, 0.2) is 11.4 Å². The highest BCUT2D eigenvalue weighted by molar-refractivity contribution is 7.09. The number of rotatable bonds is 8. The Labute approximate surface area is 137 Å². The zero-order chi connectivity index (χ0) is 15.9. The van der Waals surface area contributed by atoms with E-state index in [1.165, 1.54) is 25.7 Å². The molecule has 1 unspecified atom stereocenters. The maximum atomic E-state index is 4.63. The highest BCUT2D eigenvalue weighted by Gasteiger charge is 2.10. The summed E-state index contributed by atoms with van der Waals surface area (Å²) >= 11 is 1.63. The van der Waals surface area contributed by atoms with Crippen molar-refractivity contribution >= 4 is 17.2 Å². The number of nitrogens with one attached hydrogen (secondary N) is 1. The van der Waals surface area contributed by atoms with Crippen LogP contribution in [-0.2, 0) is 0 Å². The summed E-state index contributed by atoms with van der Waals surface area (Å²) in [4.78, 5) is 13.6. The Morgan fingerprint density at radius 2 is 2.00 bits per heavy atom. The lowest BCUT2D eigenvalue weighted by Crippen LogP contribution is -2.15. The minimum atomic E-state index is 0.709. The van der Waals surface area contributed by atoms with E-state index in [-0.39, 0.29) is 0 Å². The van der Waals surface area contributed by atoms with E-state index in [4.69, 9.17) is 0 Å². The van der Waals surface area contributed by atoms with Crippen LogP contribution < -0.4 is 5.32 Å². The van der Waals surface area contributed by atoms with Crippen LogP contribution in [0.4, 0.5) is 5.82 Å². The number of hydrogen-bond donors (Lipinski definition) is 1. The summed E-state index contributed by atoms with van der Waals surface area (Å²) in [5.74, 6) is 2.33. The second-order valence-electron chi connectivity index (χ2n) is 5.77. The van der Waals surface area contributed by atoms with Crippen molar-refractivity contribution in [1.82, 2.24) is 15.0 Å². The van der Waals surface area contributed by atoms with Crippen molar-refractivity contribution in [1.29, 1.82) is 0 Å². The Kier molecular flexibility index (Phi) is 6.31. The summed E-state index contributed by atoms with van der Waals surface area (Å²) in [5.41, 5.74) is 1.84. The molecule has 2 rings (SSSR count). The van der Waals surface area contributed by atoms with Gasteiger partial charge in [-0.1, -0.05) is 33.1 Å². The molecule has 120 valence electrons. The molecule has 22 heavy (non-hydrogen) atoms.